The van der Waals surface area contributed by atoms with E-state index in [1.807, 2.05) is 0 Å². The Morgan fingerprint density at radius 1 is 0.860 bits per heavy atom. The highest BCUT2D eigenvalue weighted by Crippen LogP contribution is 2.34. The molecule has 5 rings (SSSR count). The van der Waals surface area contributed by atoms with E-state index >= 15 is 0 Å². The first kappa shape index (κ1) is 36.4. The van der Waals surface area contributed by atoms with Gasteiger partial charge in [-0.1, -0.05) is 23.7 Å². The number of ether oxygens (including phenoxy) is 3. The van der Waals surface area contributed by atoms with Crippen LogP contribution in [-0.2, 0) is 25.5 Å². The lowest BCUT2D eigenvalue weighted by Crippen LogP contribution is -2.31. The molecule has 0 atom stereocenters. The van der Waals surface area contributed by atoms with Crippen LogP contribution in [0, 0.1) is 11.6 Å². The fourth-order valence-corrected chi connectivity index (χ4v) is 5.16. The Labute approximate surface area is 292 Å². The van der Waals surface area contributed by atoms with Gasteiger partial charge < -0.3 is 35.9 Å². The largest absolute Gasteiger partial charge is 0.378 e. The summed E-state index contributed by atoms with van der Waals surface area (Å²) in [7, 11) is 0. The second kappa shape index (κ2) is 18.2. The number of nitrogens with one attached hydrogen (secondary N) is 3. The van der Waals surface area contributed by atoms with E-state index in [1.54, 1.807) is 48.7 Å². The minimum Gasteiger partial charge on any atom is -0.378 e. The predicted octanol–water partition coefficient (Wildman–Crippen LogP) is 4.02. The number of amides is 2. The van der Waals surface area contributed by atoms with Crippen molar-refractivity contribution >= 4 is 40.8 Å². The number of carbonyl (C=O) groups is 2. The molecule has 0 saturated carbocycles. The van der Waals surface area contributed by atoms with Gasteiger partial charge in [-0.15, -0.1) is 0 Å². The maximum atomic E-state index is 14.8. The summed E-state index contributed by atoms with van der Waals surface area (Å²) < 4.78 is 46.0. The molecule has 1 aromatic heterocycles. The summed E-state index contributed by atoms with van der Waals surface area (Å²) in [4.78, 5) is 36.9. The molecule has 0 saturated heterocycles. The number of fused-ring (bicyclic) bond motifs is 3. The van der Waals surface area contributed by atoms with E-state index in [4.69, 9.17) is 36.5 Å². The van der Waals surface area contributed by atoms with Crippen LogP contribution < -0.4 is 21.7 Å². The van der Waals surface area contributed by atoms with Crippen LogP contribution >= 0.6 is 11.6 Å². The molecule has 15 heteroatoms. The van der Waals surface area contributed by atoms with Crippen molar-refractivity contribution in [3.8, 4) is 11.3 Å². The molecule has 3 aromatic carbocycles. The number of nitrogens with two attached hydrogens (primary N) is 1. The van der Waals surface area contributed by atoms with E-state index in [9.17, 15) is 18.4 Å². The first-order valence-corrected chi connectivity index (χ1v) is 16.2. The minimum atomic E-state index is -0.732. The Morgan fingerprint density at radius 2 is 1.54 bits per heavy atom. The summed E-state index contributed by atoms with van der Waals surface area (Å²) in [6, 6.07) is 15.5. The Hall–Kier alpha value is -4.86. The number of hydrogen-bond acceptors (Lipinski definition) is 10. The SMILES string of the molecule is NC(=O)CNCCOCCOCCOCCNC(=O)c1ccc(Nc2ncc3c(n2)-c2ccc(Cl)cc2C(c2c(F)cccc2F)=NC3)cc1. The highest BCUT2D eigenvalue weighted by Gasteiger charge is 2.25. The second-order valence-corrected chi connectivity index (χ2v) is 11.4. The molecule has 1 aliphatic heterocycles. The molecule has 2 heterocycles. The van der Waals surface area contributed by atoms with Gasteiger partial charge in [0.05, 0.1) is 69.7 Å². The highest BCUT2D eigenvalue weighted by molar-refractivity contribution is 6.31. The lowest BCUT2D eigenvalue weighted by molar-refractivity contribution is -0.117. The molecular weight excluding hydrogens is 672 g/mol. The number of benzene rings is 3. The summed E-state index contributed by atoms with van der Waals surface area (Å²) in [6.07, 6.45) is 1.62. The van der Waals surface area contributed by atoms with Crippen molar-refractivity contribution in [2.45, 2.75) is 6.54 Å². The predicted molar refractivity (Wildman–Crippen MR) is 185 cm³/mol. The van der Waals surface area contributed by atoms with Crippen LogP contribution in [0.1, 0.15) is 27.0 Å². The van der Waals surface area contributed by atoms with Crippen LogP contribution in [-0.4, -0.2) is 86.8 Å². The zero-order chi connectivity index (χ0) is 35.3. The lowest BCUT2D eigenvalue weighted by atomic mass is 9.95. The van der Waals surface area contributed by atoms with E-state index in [0.717, 1.165) is 0 Å². The summed E-state index contributed by atoms with van der Waals surface area (Å²) in [6.45, 7) is 3.44. The average molecular weight is 708 g/mol. The Balaban J connectivity index is 1.09. The van der Waals surface area contributed by atoms with Crippen molar-refractivity contribution < 1.29 is 32.6 Å². The fraction of sp³-hybridized carbons (Fsp3) is 0.286. The molecular formula is C35H36ClF2N7O5. The van der Waals surface area contributed by atoms with Crippen LogP contribution in [0.25, 0.3) is 11.3 Å². The third-order valence-electron chi connectivity index (χ3n) is 7.37. The smallest absolute Gasteiger partial charge is 0.251 e. The maximum absolute atomic E-state index is 14.8. The third kappa shape index (κ3) is 10.1. The van der Waals surface area contributed by atoms with Crippen molar-refractivity contribution in [3.63, 3.8) is 0 Å². The summed E-state index contributed by atoms with van der Waals surface area (Å²) >= 11 is 6.31. The van der Waals surface area contributed by atoms with Gasteiger partial charge in [-0.3, -0.25) is 14.6 Å². The van der Waals surface area contributed by atoms with Gasteiger partial charge in [0.25, 0.3) is 5.91 Å². The van der Waals surface area contributed by atoms with E-state index < -0.39 is 17.5 Å². The van der Waals surface area contributed by atoms with Gasteiger partial charge in [0.1, 0.15) is 11.6 Å². The number of anilines is 2. The van der Waals surface area contributed by atoms with Crippen LogP contribution in [0.5, 0.6) is 0 Å². The number of rotatable bonds is 18. The van der Waals surface area contributed by atoms with Crippen molar-refractivity contribution in [3.05, 3.63) is 106 Å². The fourth-order valence-electron chi connectivity index (χ4n) is 4.99. The molecule has 0 fully saturated rings. The highest BCUT2D eigenvalue weighted by atomic mass is 35.5. The number of aliphatic imine (C=N–C) groups is 1. The third-order valence-corrected chi connectivity index (χ3v) is 7.60. The van der Waals surface area contributed by atoms with Crippen molar-refractivity contribution in [1.82, 2.24) is 20.6 Å². The van der Waals surface area contributed by atoms with Gasteiger partial charge in [-0.2, -0.15) is 0 Å². The van der Waals surface area contributed by atoms with E-state index in [2.05, 4.69) is 25.9 Å². The maximum Gasteiger partial charge on any atom is 0.251 e. The standard InChI is InChI=1S/C35H36ClF2N7O5/c36-24-6-9-26-27(18-24)33(31-28(37)2-1-3-29(31)38)42-19-23-20-43-35(45-32(23)26)44-25-7-4-22(5-8-25)34(47)41-11-13-49-15-17-50-16-14-48-12-10-40-21-30(39)46/h1-9,18,20,40H,10-17,19,21H2,(H2,39,46)(H,41,47)(H,43,44,45). The van der Waals surface area contributed by atoms with Crippen LogP contribution in [0.15, 0.2) is 71.9 Å². The molecule has 262 valence electrons. The molecule has 0 spiro atoms. The molecule has 0 unspecified atom stereocenters. The molecule has 4 aromatic rings. The van der Waals surface area contributed by atoms with Gasteiger partial charge >= 0.3 is 0 Å². The molecule has 50 heavy (non-hydrogen) atoms. The van der Waals surface area contributed by atoms with Gasteiger partial charge in [0, 0.05) is 52.3 Å². The Bertz CT molecular complexity index is 1810. The normalized spacial score (nSPS) is 12.0. The summed E-state index contributed by atoms with van der Waals surface area (Å²) in [5.74, 6) is -1.85. The second-order valence-electron chi connectivity index (χ2n) is 11.0. The molecule has 12 nitrogen and oxygen atoms in total. The average Bonchev–Trinajstić information content (AvgIpc) is 3.25. The van der Waals surface area contributed by atoms with Gasteiger partial charge in [0.2, 0.25) is 11.9 Å². The van der Waals surface area contributed by atoms with Crippen LogP contribution in [0.3, 0.4) is 0 Å². The molecule has 0 aliphatic carbocycles. The topological polar surface area (TPSA) is 162 Å². The number of carbonyl (C=O) groups excluding carboxylic acids is 2. The number of primary amides is 1. The zero-order valence-corrected chi connectivity index (χ0v) is 27.8. The van der Waals surface area contributed by atoms with E-state index in [-0.39, 0.29) is 36.2 Å². The van der Waals surface area contributed by atoms with Crippen molar-refractivity contribution in [2.75, 3.05) is 64.6 Å². The Kier molecular flexibility index (Phi) is 13.3. The molecule has 1 aliphatic rings. The summed E-state index contributed by atoms with van der Waals surface area (Å²) in [5, 5.41) is 9.19. The monoisotopic (exact) mass is 707 g/mol. The Morgan fingerprint density at radius 3 is 2.24 bits per heavy atom. The first-order valence-electron chi connectivity index (χ1n) is 15.8. The number of halogens is 3. The number of hydrogen-bond donors (Lipinski definition) is 4. The van der Waals surface area contributed by atoms with E-state index in [1.165, 1.54) is 18.2 Å². The van der Waals surface area contributed by atoms with Gasteiger partial charge in [-0.25, -0.2) is 18.7 Å². The van der Waals surface area contributed by atoms with Crippen LogP contribution in [0.4, 0.5) is 20.4 Å². The quantitative estimate of drug-likeness (QED) is 0.112. The molecule has 2 amide bonds. The molecule has 0 radical (unpaired) electrons. The minimum absolute atomic E-state index is 0.101. The van der Waals surface area contributed by atoms with Crippen LogP contribution in [0.2, 0.25) is 5.02 Å². The van der Waals surface area contributed by atoms with Crippen molar-refractivity contribution in [1.29, 1.82) is 0 Å². The molecule has 0 bridgehead atoms. The summed E-state index contributed by atoms with van der Waals surface area (Å²) in [5.41, 5.74) is 8.31. The van der Waals surface area contributed by atoms with Crippen molar-refractivity contribution in [2.24, 2.45) is 10.7 Å². The number of aromatic nitrogens is 2. The van der Waals surface area contributed by atoms with Gasteiger partial charge in [0.15, 0.2) is 0 Å². The molecule has 5 N–H and O–H groups in total. The number of nitrogens with zero attached hydrogens (tertiary/aromatic N) is 3. The van der Waals surface area contributed by atoms with Gasteiger partial charge in [-0.05, 0) is 48.5 Å². The van der Waals surface area contributed by atoms with E-state index in [0.29, 0.717) is 91.4 Å². The first-order chi connectivity index (χ1) is 24.3. The lowest BCUT2D eigenvalue weighted by Gasteiger charge is -2.13. The zero-order valence-electron chi connectivity index (χ0n) is 27.0.